The van der Waals surface area contributed by atoms with E-state index in [1.54, 1.807) is 10.7 Å². The van der Waals surface area contributed by atoms with Crippen molar-refractivity contribution >= 4 is 15.7 Å². The summed E-state index contributed by atoms with van der Waals surface area (Å²) in [6, 6.07) is 16.4. The van der Waals surface area contributed by atoms with Crippen LogP contribution < -0.4 is 4.31 Å². The van der Waals surface area contributed by atoms with Crippen molar-refractivity contribution in [3.63, 3.8) is 0 Å². The van der Waals surface area contributed by atoms with Gasteiger partial charge in [0.15, 0.2) is 5.82 Å². The second kappa shape index (κ2) is 5.41. The maximum Gasteiger partial charge on any atom is 0.232 e. The second-order valence-corrected chi connectivity index (χ2v) is 7.55. The SMILES string of the molecule is CS(=O)(=O)N1c2ccccc2-c2nnnn2CC1c1ccccc1. The summed E-state index contributed by atoms with van der Waals surface area (Å²) in [5, 5.41) is 11.9. The maximum absolute atomic E-state index is 12.6. The average Bonchev–Trinajstić information content (AvgIpc) is 2.97. The quantitative estimate of drug-likeness (QED) is 0.711. The molecule has 8 heteroatoms. The van der Waals surface area contributed by atoms with Crippen LogP contribution in [-0.4, -0.2) is 34.9 Å². The molecule has 4 rings (SSSR count). The fourth-order valence-electron chi connectivity index (χ4n) is 3.11. The van der Waals surface area contributed by atoms with E-state index in [-0.39, 0.29) is 0 Å². The van der Waals surface area contributed by atoms with Crippen LogP contribution in [0, 0.1) is 0 Å². The summed E-state index contributed by atoms with van der Waals surface area (Å²) in [4.78, 5) is 0. The third kappa shape index (κ3) is 2.35. The van der Waals surface area contributed by atoms with Crippen LogP contribution in [0.4, 0.5) is 5.69 Å². The molecule has 1 aromatic heterocycles. The van der Waals surface area contributed by atoms with E-state index in [4.69, 9.17) is 0 Å². The molecule has 0 saturated heterocycles. The lowest BCUT2D eigenvalue weighted by atomic mass is 10.1. The molecule has 0 radical (unpaired) electrons. The minimum atomic E-state index is -3.51. The average molecular weight is 341 g/mol. The molecule has 1 aliphatic rings. The fourth-order valence-corrected chi connectivity index (χ4v) is 4.27. The number of benzene rings is 2. The molecule has 0 bridgehead atoms. The smallest absolute Gasteiger partial charge is 0.232 e. The van der Waals surface area contributed by atoms with Crippen molar-refractivity contribution in [3.05, 3.63) is 60.2 Å². The van der Waals surface area contributed by atoms with Gasteiger partial charge in [0.25, 0.3) is 0 Å². The Bertz CT molecular complexity index is 984. The molecule has 7 nitrogen and oxygen atoms in total. The monoisotopic (exact) mass is 341 g/mol. The first-order valence-electron chi connectivity index (χ1n) is 7.45. The van der Waals surface area contributed by atoms with Gasteiger partial charge >= 0.3 is 0 Å². The molecule has 0 aliphatic carbocycles. The van der Waals surface area contributed by atoms with Gasteiger partial charge < -0.3 is 0 Å². The Hall–Kier alpha value is -2.74. The van der Waals surface area contributed by atoms with Crippen molar-refractivity contribution in [1.82, 2.24) is 20.2 Å². The molecule has 24 heavy (non-hydrogen) atoms. The van der Waals surface area contributed by atoms with E-state index in [0.29, 0.717) is 23.6 Å². The topological polar surface area (TPSA) is 81.0 Å². The number of hydrogen-bond acceptors (Lipinski definition) is 5. The van der Waals surface area contributed by atoms with Crippen molar-refractivity contribution in [1.29, 1.82) is 0 Å². The van der Waals surface area contributed by atoms with E-state index in [9.17, 15) is 8.42 Å². The first kappa shape index (κ1) is 14.8. The predicted octanol–water partition coefficient (Wildman–Crippen LogP) is 1.86. The van der Waals surface area contributed by atoms with Crippen LogP contribution in [0.3, 0.4) is 0 Å². The molecule has 1 unspecified atom stereocenters. The zero-order valence-electron chi connectivity index (χ0n) is 12.9. The highest BCUT2D eigenvalue weighted by Crippen LogP contribution is 2.40. The lowest BCUT2D eigenvalue weighted by Crippen LogP contribution is -2.35. The molecule has 1 atom stereocenters. The lowest BCUT2D eigenvalue weighted by Gasteiger charge is -2.30. The molecule has 122 valence electrons. The Morgan fingerprint density at radius 3 is 2.50 bits per heavy atom. The summed E-state index contributed by atoms with van der Waals surface area (Å²) >= 11 is 0. The van der Waals surface area contributed by atoms with Gasteiger partial charge in [-0.3, -0.25) is 4.31 Å². The Labute approximate surface area is 139 Å². The minimum Gasteiger partial charge on any atom is -0.260 e. The highest BCUT2D eigenvalue weighted by atomic mass is 32.2. The lowest BCUT2D eigenvalue weighted by molar-refractivity contribution is 0.513. The maximum atomic E-state index is 12.6. The number of tetrazole rings is 1. The number of rotatable bonds is 2. The molecule has 3 aromatic rings. The third-order valence-electron chi connectivity index (χ3n) is 4.08. The summed E-state index contributed by atoms with van der Waals surface area (Å²) in [5.74, 6) is 0.567. The van der Waals surface area contributed by atoms with Gasteiger partial charge in [-0.15, -0.1) is 5.10 Å². The highest BCUT2D eigenvalue weighted by Gasteiger charge is 2.35. The van der Waals surface area contributed by atoms with Gasteiger partial charge in [0.2, 0.25) is 10.0 Å². The first-order chi connectivity index (χ1) is 11.6. The molecule has 0 amide bonds. The van der Waals surface area contributed by atoms with Gasteiger partial charge in [-0.05, 0) is 28.1 Å². The van der Waals surface area contributed by atoms with Crippen LogP contribution in [0.15, 0.2) is 54.6 Å². The van der Waals surface area contributed by atoms with Gasteiger partial charge in [0.1, 0.15) is 0 Å². The largest absolute Gasteiger partial charge is 0.260 e. The highest BCUT2D eigenvalue weighted by molar-refractivity contribution is 7.92. The normalized spacial score (nSPS) is 17.0. The van der Waals surface area contributed by atoms with Crippen LogP contribution in [0.1, 0.15) is 11.6 Å². The molecule has 2 heterocycles. The molecule has 1 aliphatic heterocycles. The molecule has 0 N–H and O–H groups in total. The third-order valence-corrected chi connectivity index (χ3v) is 5.25. The molecule has 2 aromatic carbocycles. The van der Waals surface area contributed by atoms with Crippen LogP contribution in [0.5, 0.6) is 0 Å². The summed E-state index contributed by atoms with van der Waals surface area (Å²) in [6.45, 7) is 0.341. The number of anilines is 1. The van der Waals surface area contributed by atoms with Gasteiger partial charge in [-0.25, -0.2) is 13.1 Å². The summed E-state index contributed by atoms with van der Waals surface area (Å²) in [6.07, 6.45) is 1.22. The van der Waals surface area contributed by atoms with E-state index in [1.165, 1.54) is 10.6 Å². The molecule has 0 saturated carbocycles. The van der Waals surface area contributed by atoms with Crippen molar-refractivity contribution in [2.45, 2.75) is 12.6 Å². The number of sulfonamides is 1. The standard InChI is InChI=1S/C16H15N5O2S/c1-24(22,23)21-14-10-6-5-9-13(14)16-17-18-19-20(16)11-15(21)12-7-3-2-4-8-12/h2-10,15H,11H2,1H3. The van der Waals surface area contributed by atoms with E-state index in [2.05, 4.69) is 15.5 Å². The Morgan fingerprint density at radius 1 is 1.04 bits per heavy atom. The number of aromatic nitrogens is 4. The van der Waals surface area contributed by atoms with Gasteiger partial charge in [-0.2, -0.15) is 0 Å². The number of nitrogens with zero attached hydrogens (tertiary/aromatic N) is 5. The Balaban J connectivity index is 2.02. The zero-order valence-corrected chi connectivity index (χ0v) is 13.8. The predicted molar refractivity (Wildman–Crippen MR) is 89.8 cm³/mol. The van der Waals surface area contributed by atoms with Crippen molar-refractivity contribution in [2.24, 2.45) is 0 Å². The molecular weight excluding hydrogens is 326 g/mol. The Kier molecular flexibility index (Phi) is 3.34. The van der Waals surface area contributed by atoms with Gasteiger partial charge in [-0.1, -0.05) is 42.5 Å². The van der Waals surface area contributed by atoms with E-state index in [1.807, 2.05) is 48.5 Å². The second-order valence-electron chi connectivity index (χ2n) is 5.69. The van der Waals surface area contributed by atoms with Crippen LogP contribution in [0.25, 0.3) is 11.4 Å². The van der Waals surface area contributed by atoms with Crippen LogP contribution in [0.2, 0.25) is 0 Å². The number of hydrogen-bond donors (Lipinski definition) is 0. The fraction of sp³-hybridized carbons (Fsp3) is 0.188. The molecule has 0 spiro atoms. The first-order valence-corrected chi connectivity index (χ1v) is 9.30. The van der Waals surface area contributed by atoms with Crippen LogP contribution in [-0.2, 0) is 16.6 Å². The van der Waals surface area contributed by atoms with Gasteiger partial charge in [0.05, 0.1) is 24.5 Å². The van der Waals surface area contributed by atoms with Crippen molar-refractivity contribution in [3.8, 4) is 11.4 Å². The van der Waals surface area contributed by atoms with Crippen LogP contribution >= 0.6 is 0 Å². The van der Waals surface area contributed by atoms with Gasteiger partial charge in [0, 0.05) is 5.56 Å². The summed E-state index contributed by atoms with van der Waals surface area (Å²) in [5.41, 5.74) is 2.18. The molecular formula is C16H15N5O2S. The van der Waals surface area contributed by atoms with Crippen molar-refractivity contribution < 1.29 is 8.42 Å². The Morgan fingerprint density at radius 2 is 1.75 bits per heavy atom. The van der Waals surface area contributed by atoms with E-state index in [0.717, 1.165) is 5.56 Å². The number of para-hydroxylation sites is 1. The molecule has 0 fully saturated rings. The minimum absolute atomic E-state index is 0.341. The van der Waals surface area contributed by atoms with E-state index >= 15 is 0 Å². The van der Waals surface area contributed by atoms with Crippen molar-refractivity contribution in [2.75, 3.05) is 10.6 Å². The summed E-state index contributed by atoms with van der Waals surface area (Å²) in [7, 11) is -3.51. The summed E-state index contributed by atoms with van der Waals surface area (Å²) < 4.78 is 28.3. The number of fused-ring (bicyclic) bond motifs is 3. The van der Waals surface area contributed by atoms with E-state index < -0.39 is 16.1 Å². The zero-order chi connectivity index (χ0) is 16.7.